The highest BCUT2D eigenvalue weighted by Crippen LogP contribution is 2.28. The first-order valence-electron chi connectivity index (χ1n) is 9.06. The number of nitrogens with zero attached hydrogens (tertiary/aromatic N) is 1. The molecule has 0 bridgehead atoms. The van der Waals surface area contributed by atoms with Crippen LogP contribution < -0.4 is 10.1 Å². The number of hydrogen-bond acceptors (Lipinski definition) is 4. The number of carbonyl (C=O) groups excluding carboxylic acids is 1. The fourth-order valence-electron chi connectivity index (χ4n) is 2.95. The van der Waals surface area contributed by atoms with Gasteiger partial charge in [0.15, 0.2) is 5.58 Å². The highest BCUT2D eigenvalue weighted by Gasteiger charge is 2.30. The molecule has 9 heteroatoms. The van der Waals surface area contributed by atoms with E-state index in [1.165, 1.54) is 12.1 Å². The number of aromatic nitrogens is 1. The number of anilines is 1. The third-order valence-corrected chi connectivity index (χ3v) is 4.50. The highest BCUT2D eigenvalue weighted by atomic mass is 35.5. The molecular weight excluding hydrogens is 433 g/mol. The minimum atomic E-state index is -4.76. The van der Waals surface area contributed by atoms with Crippen molar-refractivity contribution < 1.29 is 27.1 Å². The lowest BCUT2D eigenvalue weighted by Gasteiger charge is -2.09. The lowest BCUT2D eigenvalue weighted by molar-refractivity contribution is -0.274. The van der Waals surface area contributed by atoms with E-state index in [0.717, 1.165) is 12.1 Å². The summed E-state index contributed by atoms with van der Waals surface area (Å²) < 4.78 is 46.2. The van der Waals surface area contributed by atoms with Gasteiger partial charge in [-0.2, -0.15) is 0 Å². The van der Waals surface area contributed by atoms with Crippen LogP contribution in [0.4, 0.5) is 18.9 Å². The molecule has 5 nitrogen and oxygen atoms in total. The van der Waals surface area contributed by atoms with Gasteiger partial charge in [-0.1, -0.05) is 29.8 Å². The quantitative estimate of drug-likeness (QED) is 0.395. The zero-order chi connectivity index (χ0) is 22.0. The molecule has 4 aromatic rings. The van der Waals surface area contributed by atoms with E-state index in [0.29, 0.717) is 38.8 Å². The van der Waals surface area contributed by atoms with Gasteiger partial charge >= 0.3 is 6.36 Å². The van der Waals surface area contributed by atoms with E-state index in [1.807, 2.05) is 0 Å². The number of halogens is 4. The summed E-state index contributed by atoms with van der Waals surface area (Å²) in [6, 6.07) is 17.2. The summed E-state index contributed by atoms with van der Waals surface area (Å²) >= 11 is 5.97. The Balaban J connectivity index is 1.44. The van der Waals surface area contributed by atoms with Crippen molar-refractivity contribution in [3.8, 4) is 17.2 Å². The molecular formula is C22H14ClF3N2O3. The van der Waals surface area contributed by atoms with Crippen molar-refractivity contribution in [3.05, 3.63) is 77.3 Å². The maximum Gasteiger partial charge on any atom is 0.573 e. The fraction of sp³-hybridized carbons (Fsp3) is 0.0909. The molecule has 1 N–H and O–H groups in total. The average molecular weight is 447 g/mol. The Morgan fingerprint density at radius 1 is 1.06 bits per heavy atom. The Labute approximate surface area is 179 Å². The molecule has 0 saturated heterocycles. The monoisotopic (exact) mass is 446 g/mol. The molecule has 0 saturated carbocycles. The lowest BCUT2D eigenvalue weighted by Crippen LogP contribution is -2.17. The van der Waals surface area contributed by atoms with Crippen LogP contribution in [-0.4, -0.2) is 17.3 Å². The molecule has 1 amide bonds. The van der Waals surface area contributed by atoms with Crippen LogP contribution in [0.25, 0.3) is 22.6 Å². The maximum atomic E-state index is 12.3. The summed E-state index contributed by atoms with van der Waals surface area (Å²) in [6.07, 6.45) is -4.78. The third-order valence-electron chi connectivity index (χ3n) is 4.26. The first-order chi connectivity index (χ1) is 14.7. The van der Waals surface area contributed by atoms with Gasteiger partial charge in [0.1, 0.15) is 11.3 Å². The second-order valence-electron chi connectivity index (χ2n) is 6.63. The predicted octanol–water partition coefficient (Wildman–Crippen LogP) is 6.23. The molecule has 0 atom stereocenters. The number of fused-ring (bicyclic) bond motifs is 1. The van der Waals surface area contributed by atoms with E-state index in [1.54, 1.807) is 42.5 Å². The maximum absolute atomic E-state index is 12.3. The van der Waals surface area contributed by atoms with Crippen LogP contribution in [0.15, 0.2) is 71.1 Å². The number of rotatable bonds is 5. The lowest BCUT2D eigenvalue weighted by atomic mass is 10.1. The van der Waals surface area contributed by atoms with Gasteiger partial charge in [0.25, 0.3) is 0 Å². The number of amides is 1. The van der Waals surface area contributed by atoms with Gasteiger partial charge in [-0.05, 0) is 54.1 Å². The summed E-state index contributed by atoms with van der Waals surface area (Å²) in [7, 11) is 0. The average Bonchev–Trinajstić information content (AvgIpc) is 3.12. The molecule has 0 aliphatic heterocycles. The molecule has 1 aromatic heterocycles. The van der Waals surface area contributed by atoms with Gasteiger partial charge in [-0.25, -0.2) is 4.98 Å². The molecule has 0 radical (unpaired) electrons. The van der Waals surface area contributed by atoms with Crippen LogP contribution in [0.5, 0.6) is 5.75 Å². The van der Waals surface area contributed by atoms with Crippen LogP contribution in [-0.2, 0) is 11.2 Å². The van der Waals surface area contributed by atoms with Crippen molar-refractivity contribution in [2.45, 2.75) is 12.8 Å². The van der Waals surface area contributed by atoms with Gasteiger partial charge in [0.2, 0.25) is 11.8 Å². The molecule has 0 aliphatic carbocycles. The molecule has 1 heterocycles. The predicted molar refractivity (Wildman–Crippen MR) is 110 cm³/mol. The summed E-state index contributed by atoms with van der Waals surface area (Å²) in [5.74, 6) is -0.288. The number of ether oxygens (including phenoxy) is 1. The van der Waals surface area contributed by atoms with Crippen molar-refractivity contribution in [2.24, 2.45) is 0 Å². The van der Waals surface area contributed by atoms with E-state index in [2.05, 4.69) is 15.0 Å². The largest absolute Gasteiger partial charge is 0.573 e. The van der Waals surface area contributed by atoms with Gasteiger partial charge in [-0.15, -0.1) is 13.2 Å². The standard InChI is InChI=1S/C22H14ClF3N2O3/c23-15-6-9-19-18(12-15)28-21(30-19)14-2-1-3-16(11-14)27-20(29)10-13-4-7-17(8-5-13)31-22(24,25)26/h1-9,11-12H,10H2,(H,27,29). The Hall–Kier alpha value is -3.52. The molecule has 31 heavy (non-hydrogen) atoms. The Morgan fingerprint density at radius 2 is 1.84 bits per heavy atom. The Morgan fingerprint density at radius 3 is 2.58 bits per heavy atom. The third kappa shape index (κ3) is 5.35. The Bertz CT molecular complexity index is 1240. The number of oxazole rings is 1. The summed E-state index contributed by atoms with van der Waals surface area (Å²) in [4.78, 5) is 16.8. The van der Waals surface area contributed by atoms with Crippen molar-refractivity contribution in [3.63, 3.8) is 0 Å². The summed E-state index contributed by atoms with van der Waals surface area (Å²) in [5.41, 5.74) is 2.94. The number of carbonyl (C=O) groups is 1. The molecule has 0 spiro atoms. The zero-order valence-electron chi connectivity index (χ0n) is 15.7. The van der Waals surface area contributed by atoms with Gasteiger partial charge < -0.3 is 14.5 Å². The highest BCUT2D eigenvalue weighted by molar-refractivity contribution is 6.31. The molecule has 158 valence electrons. The number of nitrogens with one attached hydrogen (secondary N) is 1. The second-order valence-corrected chi connectivity index (χ2v) is 7.07. The molecule has 4 rings (SSSR count). The number of hydrogen-bond donors (Lipinski definition) is 1. The topological polar surface area (TPSA) is 64.4 Å². The van der Waals surface area contributed by atoms with Crippen LogP contribution >= 0.6 is 11.6 Å². The van der Waals surface area contributed by atoms with Crippen LogP contribution in [0, 0.1) is 0 Å². The van der Waals surface area contributed by atoms with E-state index in [4.69, 9.17) is 16.0 Å². The zero-order valence-corrected chi connectivity index (χ0v) is 16.5. The fourth-order valence-corrected chi connectivity index (χ4v) is 3.12. The molecule has 0 aliphatic rings. The smallest absolute Gasteiger partial charge is 0.436 e. The first-order valence-corrected chi connectivity index (χ1v) is 9.44. The minimum Gasteiger partial charge on any atom is -0.436 e. The van der Waals surface area contributed by atoms with E-state index in [9.17, 15) is 18.0 Å². The molecule has 0 unspecified atom stereocenters. The number of benzene rings is 3. The van der Waals surface area contributed by atoms with Crippen molar-refractivity contribution in [1.82, 2.24) is 4.98 Å². The SMILES string of the molecule is O=C(Cc1ccc(OC(F)(F)F)cc1)Nc1cccc(-c2nc3cc(Cl)ccc3o2)c1. The second kappa shape index (κ2) is 8.31. The minimum absolute atomic E-state index is 0.0160. The van der Waals surface area contributed by atoms with Crippen molar-refractivity contribution in [2.75, 3.05) is 5.32 Å². The van der Waals surface area contributed by atoms with Gasteiger partial charge in [0, 0.05) is 16.3 Å². The van der Waals surface area contributed by atoms with E-state index < -0.39 is 6.36 Å². The summed E-state index contributed by atoms with van der Waals surface area (Å²) in [5, 5.41) is 3.30. The molecule has 0 fully saturated rings. The number of alkyl halides is 3. The van der Waals surface area contributed by atoms with Crippen LogP contribution in [0.2, 0.25) is 5.02 Å². The van der Waals surface area contributed by atoms with E-state index >= 15 is 0 Å². The Kier molecular flexibility index (Phi) is 5.56. The van der Waals surface area contributed by atoms with Crippen molar-refractivity contribution in [1.29, 1.82) is 0 Å². The van der Waals surface area contributed by atoms with Crippen LogP contribution in [0.1, 0.15) is 5.56 Å². The summed E-state index contributed by atoms with van der Waals surface area (Å²) in [6.45, 7) is 0. The van der Waals surface area contributed by atoms with Crippen molar-refractivity contribution >= 4 is 34.3 Å². The molecule has 3 aromatic carbocycles. The van der Waals surface area contributed by atoms with Gasteiger partial charge in [0.05, 0.1) is 6.42 Å². The normalized spacial score (nSPS) is 11.5. The van der Waals surface area contributed by atoms with Gasteiger partial charge in [-0.3, -0.25) is 4.79 Å². The first kappa shape index (κ1) is 20.7. The van der Waals surface area contributed by atoms with E-state index in [-0.39, 0.29) is 18.1 Å². The van der Waals surface area contributed by atoms with Crippen LogP contribution in [0.3, 0.4) is 0 Å².